The average molecular weight is 280 g/mol. The first-order chi connectivity index (χ1) is 9.54. The van der Waals surface area contributed by atoms with E-state index < -0.39 is 5.97 Å². The van der Waals surface area contributed by atoms with Crippen molar-refractivity contribution in [3.05, 3.63) is 23.8 Å². The predicted octanol–water partition coefficient (Wildman–Crippen LogP) is 1.65. The van der Waals surface area contributed by atoms with E-state index in [0.717, 1.165) is 12.8 Å². The van der Waals surface area contributed by atoms with Crippen molar-refractivity contribution in [2.45, 2.75) is 25.7 Å². The molecule has 6 heteroatoms. The van der Waals surface area contributed by atoms with Gasteiger partial charge in [-0.05, 0) is 31.0 Å². The number of benzene rings is 1. The molecule has 0 bridgehead atoms. The fourth-order valence-electron chi connectivity index (χ4n) is 1.76. The molecule has 0 unspecified atom stereocenters. The number of hydrogen-bond donors (Lipinski definition) is 3. The third-order valence-corrected chi connectivity index (χ3v) is 2.84. The summed E-state index contributed by atoms with van der Waals surface area (Å²) < 4.78 is 5.02. The number of hydrogen-bond acceptors (Lipinski definition) is 4. The number of ether oxygens (including phenoxy) is 1. The summed E-state index contributed by atoms with van der Waals surface area (Å²) in [6.07, 6.45) is 2.33. The summed E-state index contributed by atoms with van der Waals surface area (Å²) >= 11 is 0. The molecule has 4 N–H and O–H groups in total. The Morgan fingerprint density at radius 2 is 2.05 bits per heavy atom. The lowest BCUT2D eigenvalue weighted by atomic mass is 10.1. The largest absolute Gasteiger partial charge is 0.495 e. The number of unbranched alkanes of at least 4 members (excludes halogenated alkanes) is 2. The summed E-state index contributed by atoms with van der Waals surface area (Å²) in [5.74, 6) is -0.449. The molecule has 0 aromatic heterocycles. The topological polar surface area (TPSA) is 102 Å². The van der Waals surface area contributed by atoms with Crippen LogP contribution in [0.25, 0.3) is 0 Å². The number of carboxylic acid groups (broad SMARTS) is 1. The van der Waals surface area contributed by atoms with Crippen LogP contribution >= 0.6 is 0 Å². The van der Waals surface area contributed by atoms with Crippen molar-refractivity contribution in [2.75, 3.05) is 19.4 Å². The zero-order valence-electron chi connectivity index (χ0n) is 11.5. The van der Waals surface area contributed by atoms with Crippen molar-refractivity contribution in [2.24, 2.45) is 0 Å². The third-order valence-electron chi connectivity index (χ3n) is 2.84. The number of aliphatic carboxylic acids is 1. The van der Waals surface area contributed by atoms with Gasteiger partial charge in [0.25, 0.3) is 5.91 Å². The van der Waals surface area contributed by atoms with E-state index in [4.69, 9.17) is 15.6 Å². The van der Waals surface area contributed by atoms with Crippen LogP contribution in [0, 0.1) is 0 Å². The fraction of sp³-hybridized carbons (Fsp3) is 0.429. The van der Waals surface area contributed by atoms with Crippen LogP contribution in [0.4, 0.5) is 5.69 Å². The number of rotatable bonds is 8. The highest BCUT2D eigenvalue weighted by Crippen LogP contribution is 2.21. The molecule has 1 rings (SSSR count). The Balaban J connectivity index is 2.32. The number of carbonyl (C=O) groups is 2. The lowest BCUT2D eigenvalue weighted by Crippen LogP contribution is -2.24. The lowest BCUT2D eigenvalue weighted by molar-refractivity contribution is -0.137. The van der Waals surface area contributed by atoms with E-state index in [1.54, 1.807) is 18.2 Å². The Kier molecular flexibility index (Phi) is 6.36. The molecule has 6 nitrogen and oxygen atoms in total. The number of carboxylic acids is 1. The van der Waals surface area contributed by atoms with E-state index in [9.17, 15) is 9.59 Å². The van der Waals surface area contributed by atoms with Gasteiger partial charge in [-0.1, -0.05) is 6.42 Å². The molecular formula is C14H20N2O4. The number of nitrogens with one attached hydrogen (secondary N) is 1. The molecule has 0 aliphatic carbocycles. The minimum atomic E-state index is -0.789. The van der Waals surface area contributed by atoms with Gasteiger partial charge in [0, 0.05) is 18.5 Å². The van der Waals surface area contributed by atoms with E-state index in [2.05, 4.69) is 5.32 Å². The molecule has 0 fully saturated rings. The second kappa shape index (κ2) is 8.04. The van der Waals surface area contributed by atoms with Gasteiger partial charge < -0.3 is 20.9 Å². The monoisotopic (exact) mass is 280 g/mol. The standard InChI is InChI=1S/C14H20N2O4/c1-20-12-7-6-10(9-11(12)15)14(19)16-8-4-2-3-5-13(17)18/h6-7,9H,2-5,8,15H2,1H3,(H,16,19)(H,17,18). The molecule has 20 heavy (non-hydrogen) atoms. The first kappa shape index (κ1) is 15.8. The SMILES string of the molecule is COc1ccc(C(=O)NCCCCCC(=O)O)cc1N. The van der Waals surface area contributed by atoms with Gasteiger partial charge in [-0.25, -0.2) is 0 Å². The van der Waals surface area contributed by atoms with Gasteiger partial charge in [-0.3, -0.25) is 9.59 Å². The molecule has 0 atom stereocenters. The number of amides is 1. The minimum absolute atomic E-state index is 0.170. The maximum Gasteiger partial charge on any atom is 0.303 e. The Labute approximate surface area is 117 Å². The molecule has 0 radical (unpaired) electrons. The molecule has 0 heterocycles. The van der Waals surface area contributed by atoms with Gasteiger partial charge in [-0.2, -0.15) is 0 Å². The Hall–Kier alpha value is -2.24. The van der Waals surface area contributed by atoms with Crippen molar-refractivity contribution < 1.29 is 19.4 Å². The van der Waals surface area contributed by atoms with Crippen molar-refractivity contribution in [1.82, 2.24) is 5.32 Å². The molecule has 1 aromatic carbocycles. The second-order valence-corrected chi connectivity index (χ2v) is 4.42. The summed E-state index contributed by atoms with van der Waals surface area (Å²) in [6, 6.07) is 4.87. The Morgan fingerprint density at radius 1 is 1.30 bits per heavy atom. The zero-order valence-corrected chi connectivity index (χ0v) is 11.5. The van der Waals surface area contributed by atoms with Crippen LogP contribution in [-0.4, -0.2) is 30.6 Å². The zero-order chi connectivity index (χ0) is 15.0. The first-order valence-electron chi connectivity index (χ1n) is 6.48. The van der Waals surface area contributed by atoms with E-state index in [1.165, 1.54) is 7.11 Å². The highest BCUT2D eigenvalue weighted by molar-refractivity contribution is 5.95. The lowest BCUT2D eigenvalue weighted by Gasteiger charge is -2.08. The third kappa shape index (κ3) is 5.17. The predicted molar refractivity (Wildman–Crippen MR) is 75.8 cm³/mol. The summed E-state index contributed by atoms with van der Waals surface area (Å²) in [4.78, 5) is 22.2. The van der Waals surface area contributed by atoms with Gasteiger partial charge in [0.05, 0.1) is 12.8 Å². The smallest absolute Gasteiger partial charge is 0.303 e. The summed E-state index contributed by atoms with van der Waals surface area (Å²) in [5.41, 5.74) is 6.63. The first-order valence-corrected chi connectivity index (χ1v) is 6.48. The fourth-order valence-corrected chi connectivity index (χ4v) is 1.76. The highest BCUT2D eigenvalue weighted by atomic mass is 16.5. The van der Waals surface area contributed by atoms with Crippen LogP contribution in [0.5, 0.6) is 5.75 Å². The normalized spacial score (nSPS) is 10.1. The minimum Gasteiger partial charge on any atom is -0.495 e. The Bertz CT molecular complexity index is 474. The number of nitrogens with two attached hydrogens (primary N) is 1. The van der Waals surface area contributed by atoms with Crippen LogP contribution in [0.1, 0.15) is 36.0 Å². The van der Waals surface area contributed by atoms with Crippen molar-refractivity contribution in [1.29, 1.82) is 0 Å². The summed E-state index contributed by atoms with van der Waals surface area (Å²) in [6.45, 7) is 0.518. The molecule has 110 valence electrons. The Morgan fingerprint density at radius 3 is 2.65 bits per heavy atom. The molecule has 0 saturated heterocycles. The number of carbonyl (C=O) groups excluding carboxylic acids is 1. The van der Waals surface area contributed by atoms with Gasteiger partial charge >= 0.3 is 5.97 Å². The van der Waals surface area contributed by atoms with Crippen LogP contribution in [0.3, 0.4) is 0 Å². The molecule has 0 saturated carbocycles. The van der Waals surface area contributed by atoms with E-state index in [-0.39, 0.29) is 12.3 Å². The van der Waals surface area contributed by atoms with Gasteiger partial charge in [0.15, 0.2) is 0 Å². The molecule has 0 aliphatic heterocycles. The van der Waals surface area contributed by atoms with Crippen molar-refractivity contribution >= 4 is 17.6 Å². The van der Waals surface area contributed by atoms with Crippen LogP contribution < -0.4 is 15.8 Å². The maximum atomic E-state index is 11.8. The highest BCUT2D eigenvalue weighted by Gasteiger charge is 2.07. The molecule has 0 spiro atoms. The summed E-state index contributed by atoms with van der Waals surface area (Å²) in [7, 11) is 1.52. The molecule has 0 aliphatic rings. The van der Waals surface area contributed by atoms with E-state index in [1.807, 2.05) is 0 Å². The summed E-state index contributed by atoms with van der Waals surface area (Å²) in [5, 5.41) is 11.3. The van der Waals surface area contributed by atoms with Gasteiger partial charge in [-0.15, -0.1) is 0 Å². The maximum absolute atomic E-state index is 11.8. The van der Waals surface area contributed by atoms with Crippen LogP contribution in [0.15, 0.2) is 18.2 Å². The number of nitrogen functional groups attached to an aromatic ring is 1. The number of methoxy groups -OCH3 is 1. The average Bonchev–Trinajstić information content (AvgIpc) is 2.42. The molecule has 1 amide bonds. The van der Waals surface area contributed by atoms with E-state index >= 15 is 0 Å². The molecule has 1 aromatic rings. The van der Waals surface area contributed by atoms with E-state index in [0.29, 0.717) is 30.0 Å². The quantitative estimate of drug-likeness (QED) is 0.496. The van der Waals surface area contributed by atoms with Crippen LogP contribution in [-0.2, 0) is 4.79 Å². The second-order valence-electron chi connectivity index (χ2n) is 4.42. The van der Waals surface area contributed by atoms with Gasteiger partial charge in [0.1, 0.15) is 5.75 Å². The van der Waals surface area contributed by atoms with Crippen LogP contribution in [0.2, 0.25) is 0 Å². The van der Waals surface area contributed by atoms with Crippen molar-refractivity contribution in [3.8, 4) is 5.75 Å². The van der Waals surface area contributed by atoms with Crippen molar-refractivity contribution in [3.63, 3.8) is 0 Å². The van der Waals surface area contributed by atoms with Gasteiger partial charge in [0.2, 0.25) is 0 Å². The number of anilines is 1. The molecular weight excluding hydrogens is 260 g/mol.